The van der Waals surface area contributed by atoms with Gasteiger partial charge in [-0.05, 0) is 61.6 Å². The van der Waals surface area contributed by atoms with Crippen molar-refractivity contribution in [2.45, 2.75) is 18.9 Å². The van der Waals surface area contributed by atoms with Crippen LogP contribution in [0, 0.1) is 0 Å². The molecular formula is C17H19ClN2OS. The largest absolute Gasteiger partial charge is 0.350 e. The topological polar surface area (TPSA) is 32.3 Å². The molecule has 0 saturated carbocycles. The molecule has 5 heteroatoms. The van der Waals surface area contributed by atoms with Crippen LogP contribution in [0.5, 0.6) is 0 Å². The summed E-state index contributed by atoms with van der Waals surface area (Å²) < 4.78 is 0. The van der Waals surface area contributed by atoms with E-state index in [1.807, 2.05) is 0 Å². The predicted molar refractivity (Wildman–Crippen MR) is 91.7 cm³/mol. The molecule has 2 heterocycles. The van der Waals surface area contributed by atoms with Gasteiger partial charge in [0.05, 0.1) is 6.04 Å². The molecule has 1 N–H and O–H groups in total. The zero-order valence-electron chi connectivity index (χ0n) is 12.3. The van der Waals surface area contributed by atoms with Gasteiger partial charge in [-0.25, -0.2) is 0 Å². The van der Waals surface area contributed by atoms with Crippen LogP contribution in [0.2, 0.25) is 5.02 Å². The quantitative estimate of drug-likeness (QED) is 0.897. The van der Waals surface area contributed by atoms with Crippen LogP contribution >= 0.6 is 22.9 Å². The normalized spacial score (nSPS) is 16.6. The van der Waals surface area contributed by atoms with Crippen LogP contribution in [-0.2, 0) is 0 Å². The van der Waals surface area contributed by atoms with Crippen molar-refractivity contribution in [3.05, 3.63) is 57.2 Å². The summed E-state index contributed by atoms with van der Waals surface area (Å²) in [6.45, 7) is 2.86. The second-order valence-corrected chi connectivity index (χ2v) is 6.91. The number of hydrogen-bond donors (Lipinski definition) is 1. The van der Waals surface area contributed by atoms with E-state index < -0.39 is 0 Å². The lowest BCUT2D eigenvalue weighted by Crippen LogP contribution is -2.36. The van der Waals surface area contributed by atoms with Crippen molar-refractivity contribution in [1.82, 2.24) is 10.2 Å². The van der Waals surface area contributed by atoms with Gasteiger partial charge in [0.2, 0.25) is 0 Å². The van der Waals surface area contributed by atoms with Gasteiger partial charge in [-0.3, -0.25) is 9.69 Å². The lowest BCUT2D eigenvalue weighted by molar-refractivity contribution is 0.0938. The van der Waals surface area contributed by atoms with Crippen LogP contribution < -0.4 is 5.32 Å². The maximum Gasteiger partial charge on any atom is 0.251 e. The molecule has 1 aliphatic rings. The van der Waals surface area contributed by atoms with Gasteiger partial charge in [-0.2, -0.15) is 0 Å². The van der Waals surface area contributed by atoms with Crippen molar-refractivity contribution in [2.24, 2.45) is 0 Å². The first-order chi connectivity index (χ1) is 10.7. The summed E-state index contributed by atoms with van der Waals surface area (Å²) in [7, 11) is 0. The smallest absolute Gasteiger partial charge is 0.251 e. The fourth-order valence-corrected chi connectivity index (χ4v) is 3.82. The minimum Gasteiger partial charge on any atom is -0.350 e. The van der Waals surface area contributed by atoms with E-state index in [2.05, 4.69) is 27.7 Å². The predicted octanol–water partition coefficient (Wildman–Crippen LogP) is 3.97. The van der Waals surface area contributed by atoms with Gasteiger partial charge in [-0.1, -0.05) is 17.7 Å². The van der Waals surface area contributed by atoms with Crippen molar-refractivity contribution in [3.63, 3.8) is 0 Å². The van der Waals surface area contributed by atoms with Gasteiger partial charge >= 0.3 is 0 Å². The molecule has 1 saturated heterocycles. The number of halogens is 1. The van der Waals surface area contributed by atoms with Crippen molar-refractivity contribution >= 4 is 28.8 Å². The molecule has 0 spiro atoms. The molecule has 1 atom stereocenters. The number of nitrogens with one attached hydrogen (secondary N) is 1. The monoisotopic (exact) mass is 334 g/mol. The van der Waals surface area contributed by atoms with E-state index in [0.717, 1.165) is 13.1 Å². The Bertz CT molecular complexity index is 606. The molecule has 3 nitrogen and oxygen atoms in total. The molecule has 116 valence electrons. The maximum absolute atomic E-state index is 12.3. The number of amides is 1. The number of likely N-dealkylation sites (tertiary alicyclic amines) is 1. The minimum absolute atomic E-state index is 0.0441. The molecule has 1 aromatic heterocycles. The summed E-state index contributed by atoms with van der Waals surface area (Å²) in [6.07, 6.45) is 2.49. The highest BCUT2D eigenvalue weighted by Gasteiger charge is 2.24. The Balaban J connectivity index is 1.66. The van der Waals surface area contributed by atoms with Crippen LogP contribution in [0.3, 0.4) is 0 Å². The molecule has 0 radical (unpaired) electrons. The fraction of sp³-hybridized carbons (Fsp3) is 0.353. The lowest BCUT2D eigenvalue weighted by atomic mass is 10.2. The molecule has 1 aromatic carbocycles. The number of thiophene rings is 1. The summed E-state index contributed by atoms with van der Waals surface area (Å²) in [5.74, 6) is -0.0441. The molecule has 3 rings (SSSR count). The van der Waals surface area contributed by atoms with Crippen molar-refractivity contribution in [1.29, 1.82) is 0 Å². The maximum atomic E-state index is 12.3. The Kier molecular flexibility index (Phi) is 5.13. The average Bonchev–Trinajstić information content (AvgIpc) is 3.22. The highest BCUT2D eigenvalue weighted by molar-refractivity contribution is 7.10. The molecule has 0 unspecified atom stereocenters. The van der Waals surface area contributed by atoms with Crippen molar-refractivity contribution in [2.75, 3.05) is 19.6 Å². The number of rotatable bonds is 5. The third-order valence-corrected chi connectivity index (χ3v) is 5.24. The minimum atomic E-state index is -0.0441. The first-order valence-electron chi connectivity index (χ1n) is 7.55. The number of nitrogens with zero attached hydrogens (tertiary/aromatic N) is 1. The summed E-state index contributed by atoms with van der Waals surface area (Å²) in [6, 6.07) is 11.5. The van der Waals surface area contributed by atoms with Gasteiger partial charge in [-0.15, -0.1) is 11.3 Å². The Morgan fingerprint density at radius 2 is 1.95 bits per heavy atom. The third kappa shape index (κ3) is 3.69. The van der Waals surface area contributed by atoms with Gasteiger partial charge in [0.15, 0.2) is 0 Å². The molecule has 1 aliphatic heterocycles. The van der Waals surface area contributed by atoms with E-state index in [1.165, 1.54) is 17.7 Å². The van der Waals surface area contributed by atoms with Gasteiger partial charge in [0, 0.05) is 22.0 Å². The first-order valence-corrected chi connectivity index (χ1v) is 8.81. The number of hydrogen-bond acceptors (Lipinski definition) is 3. The number of benzene rings is 1. The lowest BCUT2D eigenvalue weighted by Gasteiger charge is -2.26. The molecule has 1 fully saturated rings. The van der Waals surface area contributed by atoms with E-state index in [-0.39, 0.29) is 11.9 Å². The number of carbonyl (C=O) groups is 1. The van der Waals surface area contributed by atoms with Crippen LogP contribution in [-0.4, -0.2) is 30.4 Å². The Hall–Kier alpha value is -1.36. The van der Waals surface area contributed by atoms with E-state index >= 15 is 0 Å². The first kappa shape index (κ1) is 15.5. The second-order valence-electron chi connectivity index (χ2n) is 5.49. The van der Waals surface area contributed by atoms with Gasteiger partial charge < -0.3 is 5.32 Å². The van der Waals surface area contributed by atoms with Crippen LogP contribution in [0.25, 0.3) is 0 Å². The van der Waals surface area contributed by atoms with E-state index in [1.54, 1.807) is 35.6 Å². The zero-order valence-corrected chi connectivity index (χ0v) is 13.9. The van der Waals surface area contributed by atoms with Crippen molar-refractivity contribution in [3.8, 4) is 0 Å². The summed E-state index contributed by atoms with van der Waals surface area (Å²) in [4.78, 5) is 16.1. The third-order valence-electron chi connectivity index (χ3n) is 4.02. The Morgan fingerprint density at radius 1 is 1.23 bits per heavy atom. The molecule has 22 heavy (non-hydrogen) atoms. The fourth-order valence-electron chi connectivity index (χ4n) is 2.84. The van der Waals surface area contributed by atoms with E-state index in [0.29, 0.717) is 17.1 Å². The summed E-state index contributed by atoms with van der Waals surface area (Å²) in [5.41, 5.74) is 0.649. The summed E-state index contributed by atoms with van der Waals surface area (Å²) in [5, 5.41) is 5.81. The standard InChI is InChI=1S/C17H19ClN2OS/c18-14-7-5-13(6-8-14)17(21)19-12-15(16-4-3-11-22-16)20-9-1-2-10-20/h3-8,11,15H,1-2,9-10,12H2,(H,19,21)/t15-/m1/s1. The zero-order chi connectivity index (χ0) is 15.4. The molecule has 1 amide bonds. The molecule has 2 aromatic rings. The Labute approximate surface area is 139 Å². The van der Waals surface area contributed by atoms with Crippen molar-refractivity contribution < 1.29 is 4.79 Å². The second kappa shape index (κ2) is 7.27. The molecule has 0 bridgehead atoms. The van der Waals surface area contributed by atoms with Gasteiger partial charge in [0.1, 0.15) is 0 Å². The summed E-state index contributed by atoms with van der Waals surface area (Å²) >= 11 is 7.62. The van der Waals surface area contributed by atoms with Gasteiger partial charge in [0.25, 0.3) is 5.91 Å². The highest BCUT2D eigenvalue weighted by Crippen LogP contribution is 2.27. The van der Waals surface area contributed by atoms with E-state index in [4.69, 9.17) is 11.6 Å². The Morgan fingerprint density at radius 3 is 2.59 bits per heavy atom. The van der Waals surface area contributed by atoms with Crippen LogP contribution in [0.4, 0.5) is 0 Å². The van der Waals surface area contributed by atoms with E-state index in [9.17, 15) is 4.79 Å². The highest BCUT2D eigenvalue weighted by atomic mass is 35.5. The SMILES string of the molecule is O=C(NC[C@H](c1cccs1)N1CCCC1)c1ccc(Cl)cc1. The van der Waals surface area contributed by atoms with Crippen LogP contribution in [0.15, 0.2) is 41.8 Å². The molecule has 0 aliphatic carbocycles. The average molecular weight is 335 g/mol. The number of carbonyl (C=O) groups excluding carboxylic acids is 1. The molecular weight excluding hydrogens is 316 g/mol. The van der Waals surface area contributed by atoms with Crippen LogP contribution in [0.1, 0.15) is 34.1 Å².